The summed E-state index contributed by atoms with van der Waals surface area (Å²) in [6.07, 6.45) is 2.52. The monoisotopic (exact) mass is 389 g/mol. The molecule has 156 valence electrons. The lowest BCUT2D eigenvalue weighted by Gasteiger charge is -2.18. The van der Waals surface area contributed by atoms with E-state index in [9.17, 15) is 0 Å². The molecule has 0 fully saturated rings. The summed E-state index contributed by atoms with van der Waals surface area (Å²) in [6, 6.07) is 0.254. The van der Waals surface area contributed by atoms with Crippen molar-refractivity contribution in [2.75, 3.05) is 13.1 Å². The van der Waals surface area contributed by atoms with E-state index < -0.39 is 0 Å². The standard InChI is InChI=1S/C20H35N7O/c1-8-21-20(22-11-9-10-18-24-19(13(2)3)26-28-18)23-14(4)12-17-15(5)25-27(7)16(17)6/h13-14H,8-12H2,1-7H3,(H2,21,22,23). The van der Waals surface area contributed by atoms with Crippen molar-refractivity contribution in [1.29, 1.82) is 0 Å². The van der Waals surface area contributed by atoms with Gasteiger partial charge in [0, 0.05) is 44.2 Å². The first-order chi connectivity index (χ1) is 13.3. The first-order valence-corrected chi connectivity index (χ1v) is 10.2. The third kappa shape index (κ3) is 6.07. The first-order valence-electron chi connectivity index (χ1n) is 10.2. The van der Waals surface area contributed by atoms with Crippen LogP contribution in [0.25, 0.3) is 0 Å². The van der Waals surface area contributed by atoms with Gasteiger partial charge in [-0.3, -0.25) is 9.67 Å². The van der Waals surface area contributed by atoms with Crippen LogP contribution in [-0.4, -0.2) is 45.0 Å². The Labute approximate surface area is 168 Å². The third-order valence-electron chi connectivity index (χ3n) is 4.72. The van der Waals surface area contributed by atoms with Crippen molar-refractivity contribution in [2.24, 2.45) is 12.0 Å². The maximum absolute atomic E-state index is 5.29. The predicted molar refractivity (Wildman–Crippen MR) is 112 cm³/mol. The van der Waals surface area contributed by atoms with Crippen molar-refractivity contribution in [3.8, 4) is 0 Å². The highest BCUT2D eigenvalue weighted by Crippen LogP contribution is 2.14. The quantitative estimate of drug-likeness (QED) is 0.389. The van der Waals surface area contributed by atoms with Gasteiger partial charge in [-0.2, -0.15) is 10.1 Å². The van der Waals surface area contributed by atoms with Crippen LogP contribution < -0.4 is 10.6 Å². The van der Waals surface area contributed by atoms with Crippen LogP contribution in [0, 0.1) is 13.8 Å². The number of guanidine groups is 1. The highest BCUT2D eigenvalue weighted by Gasteiger charge is 2.14. The van der Waals surface area contributed by atoms with Crippen molar-refractivity contribution < 1.29 is 4.52 Å². The summed E-state index contributed by atoms with van der Waals surface area (Å²) in [6.45, 7) is 14.1. The average molecular weight is 390 g/mol. The second kappa shape index (κ2) is 10.2. The second-order valence-corrected chi connectivity index (χ2v) is 7.59. The zero-order valence-electron chi connectivity index (χ0n) is 18.3. The molecule has 2 rings (SSSR count). The third-order valence-corrected chi connectivity index (χ3v) is 4.72. The Kier molecular flexibility index (Phi) is 8.02. The van der Waals surface area contributed by atoms with Crippen LogP contribution in [0.1, 0.15) is 68.7 Å². The predicted octanol–water partition coefficient (Wildman–Crippen LogP) is 2.66. The molecule has 0 saturated carbocycles. The van der Waals surface area contributed by atoms with Gasteiger partial charge in [-0.1, -0.05) is 19.0 Å². The first kappa shape index (κ1) is 21.9. The van der Waals surface area contributed by atoms with Crippen molar-refractivity contribution in [2.45, 2.75) is 72.8 Å². The van der Waals surface area contributed by atoms with Gasteiger partial charge < -0.3 is 15.2 Å². The fraction of sp³-hybridized carbons (Fsp3) is 0.700. The number of aliphatic imine (C=N–C) groups is 1. The van der Waals surface area contributed by atoms with Crippen molar-refractivity contribution >= 4 is 5.96 Å². The fourth-order valence-electron chi connectivity index (χ4n) is 3.05. The van der Waals surface area contributed by atoms with E-state index in [1.165, 1.54) is 11.3 Å². The molecular weight excluding hydrogens is 354 g/mol. The summed E-state index contributed by atoms with van der Waals surface area (Å²) in [7, 11) is 1.99. The Bertz CT molecular complexity index is 776. The number of nitrogens with zero attached hydrogens (tertiary/aromatic N) is 5. The van der Waals surface area contributed by atoms with Crippen LogP contribution in [0.4, 0.5) is 0 Å². The maximum atomic E-state index is 5.29. The van der Waals surface area contributed by atoms with Gasteiger partial charge in [0.2, 0.25) is 5.89 Å². The highest BCUT2D eigenvalue weighted by atomic mass is 16.5. The summed E-state index contributed by atoms with van der Waals surface area (Å²) in [4.78, 5) is 9.10. The van der Waals surface area contributed by atoms with E-state index in [2.05, 4.69) is 72.4 Å². The SMILES string of the molecule is CCNC(=NCCCc1nc(C(C)C)no1)NC(C)Cc1c(C)nn(C)c1C. The summed E-state index contributed by atoms with van der Waals surface area (Å²) in [5, 5.41) is 15.3. The molecule has 1 unspecified atom stereocenters. The molecule has 0 spiro atoms. The zero-order valence-corrected chi connectivity index (χ0v) is 18.3. The lowest BCUT2D eigenvalue weighted by Crippen LogP contribution is -2.43. The molecule has 0 aliphatic carbocycles. The molecule has 1 atom stereocenters. The molecule has 2 aromatic heterocycles. The van der Waals surface area contributed by atoms with E-state index in [1.54, 1.807) is 0 Å². The number of hydrogen-bond donors (Lipinski definition) is 2. The fourth-order valence-corrected chi connectivity index (χ4v) is 3.05. The van der Waals surface area contributed by atoms with E-state index in [-0.39, 0.29) is 12.0 Å². The molecule has 0 bridgehead atoms. The molecule has 8 nitrogen and oxygen atoms in total. The van der Waals surface area contributed by atoms with Gasteiger partial charge in [-0.05, 0) is 46.1 Å². The summed E-state index contributed by atoms with van der Waals surface area (Å²) >= 11 is 0. The van der Waals surface area contributed by atoms with Gasteiger partial charge in [0.25, 0.3) is 0 Å². The van der Waals surface area contributed by atoms with Gasteiger partial charge in [0.1, 0.15) is 0 Å². The van der Waals surface area contributed by atoms with Gasteiger partial charge in [0.05, 0.1) is 5.69 Å². The molecule has 0 amide bonds. The summed E-state index contributed by atoms with van der Waals surface area (Å²) in [5.41, 5.74) is 3.61. The number of hydrogen-bond acceptors (Lipinski definition) is 5. The van der Waals surface area contributed by atoms with Crippen LogP contribution in [0.5, 0.6) is 0 Å². The molecule has 2 heterocycles. The van der Waals surface area contributed by atoms with E-state index in [4.69, 9.17) is 4.52 Å². The lowest BCUT2D eigenvalue weighted by atomic mass is 10.1. The minimum absolute atomic E-state index is 0.254. The lowest BCUT2D eigenvalue weighted by molar-refractivity contribution is 0.369. The molecule has 2 aromatic rings. The minimum Gasteiger partial charge on any atom is -0.357 e. The number of aryl methyl sites for hydroxylation is 3. The summed E-state index contributed by atoms with van der Waals surface area (Å²) in [5.74, 6) is 2.58. The molecule has 8 heteroatoms. The minimum atomic E-state index is 0.254. The van der Waals surface area contributed by atoms with E-state index in [1.807, 2.05) is 11.7 Å². The van der Waals surface area contributed by atoms with E-state index in [0.29, 0.717) is 12.4 Å². The average Bonchev–Trinajstić information content (AvgIpc) is 3.19. The van der Waals surface area contributed by atoms with Crippen LogP contribution in [0.2, 0.25) is 0 Å². The van der Waals surface area contributed by atoms with Gasteiger partial charge in [-0.25, -0.2) is 0 Å². The second-order valence-electron chi connectivity index (χ2n) is 7.59. The zero-order chi connectivity index (χ0) is 20.7. The number of rotatable bonds is 9. The molecule has 0 saturated heterocycles. The van der Waals surface area contributed by atoms with Crippen molar-refractivity contribution in [3.63, 3.8) is 0 Å². The van der Waals surface area contributed by atoms with Crippen LogP contribution >= 0.6 is 0 Å². The Balaban J connectivity index is 1.86. The van der Waals surface area contributed by atoms with Crippen LogP contribution in [-0.2, 0) is 19.9 Å². The Morgan fingerprint density at radius 3 is 2.57 bits per heavy atom. The summed E-state index contributed by atoms with van der Waals surface area (Å²) < 4.78 is 7.23. The largest absolute Gasteiger partial charge is 0.357 e. The Morgan fingerprint density at radius 2 is 2.00 bits per heavy atom. The van der Waals surface area contributed by atoms with E-state index >= 15 is 0 Å². The normalized spacial score (nSPS) is 13.2. The molecule has 28 heavy (non-hydrogen) atoms. The Morgan fingerprint density at radius 1 is 1.25 bits per heavy atom. The van der Waals surface area contributed by atoms with E-state index in [0.717, 1.165) is 43.3 Å². The molecule has 0 radical (unpaired) electrons. The Hall–Kier alpha value is -2.38. The number of aromatic nitrogens is 4. The van der Waals surface area contributed by atoms with Crippen LogP contribution in [0.3, 0.4) is 0 Å². The van der Waals surface area contributed by atoms with Gasteiger partial charge >= 0.3 is 0 Å². The van der Waals surface area contributed by atoms with Gasteiger partial charge in [0.15, 0.2) is 11.8 Å². The topological polar surface area (TPSA) is 93.2 Å². The maximum Gasteiger partial charge on any atom is 0.226 e. The van der Waals surface area contributed by atoms with Crippen molar-refractivity contribution in [3.05, 3.63) is 28.7 Å². The molecule has 0 aliphatic heterocycles. The smallest absolute Gasteiger partial charge is 0.226 e. The number of nitrogens with one attached hydrogen (secondary N) is 2. The molecule has 0 aromatic carbocycles. The van der Waals surface area contributed by atoms with Crippen LogP contribution in [0.15, 0.2) is 9.52 Å². The molecule has 2 N–H and O–H groups in total. The molecule has 0 aliphatic rings. The highest BCUT2D eigenvalue weighted by molar-refractivity contribution is 5.80. The van der Waals surface area contributed by atoms with Crippen molar-refractivity contribution in [1.82, 2.24) is 30.6 Å². The van der Waals surface area contributed by atoms with Gasteiger partial charge in [-0.15, -0.1) is 0 Å². The molecular formula is C20H35N7O.